The summed E-state index contributed by atoms with van der Waals surface area (Å²) in [7, 11) is -1.76. The summed E-state index contributed by atoms with van der Waals surface area (Å²) in [5.41, 5.74) is 3.38. The first-order valence-electron chi connectivity index (χ1n) is 10.4. The fourth-order valence-electron chi connectivity index (χ4n) is 3.71. The van der Waals surface area contributed by atoms with Crippen molar-refractivity contribution in [3.63, 3.8) is 0 Å². The first kappa shape index (κ1) is 22.5. The van der Waals surface area contributed by atoms with Gasteiger partial charge in [0.1, 0.15) is 11.6 Å². The van der Waals surface area contributed by atoms with E-state index in [1.165, 1.54) is 4.68 Å². The van der Waals surface area contributed by atoms with Gasteiger partial charge < -0.3 is 15.4 Å². The molecule has 0 radical (unpaired) electrons. The van der Waals surface area contributed by atoms with Gasteiger partial charge in [-0.1, -0.05) is 24.3 Å². The first-order valence-corrected chi connectivity index (χ1v) is 12.2. The highest BCUT2D eigenvalue weighted by molar-refractivity contribution is 7.90. The van der Waals surface area contributed by atoms with Gasteiger partial charge in [0.15, 0.2) is 9.84 Å². The smallest absolute Gasteiger partial charge is 0.314 e. The van der Waals surface area contributed by atoms with E-state index in [0.717, 1.165) is 11.1 Å². The maximum Gasteiger partial charge on any atom is 0.314 e. The highest BCUT2D eigenvalue weighted by Gasteiger charge is 2.33. The number of hydrogen-bond acceptors (Lipinski definition) is 6. The molecule has 0 fully saturated rings. The Hall–Kier alpha value is -3.66. The monoisotopic (exact) mass is 468 g/mol. The Kier molecular flexibility index (Phi) is 6.19. The molecule has 1 aliphatic heterocycles. The normalized spacial score (nSPS) is 13.9. The Labute approximate surface area is 191 Å². The van der Waals surface area contributed by atoms with E-state index >= 15 is 0 Å². The number of amides is 2. The number of anilines is 1. The number of aromatic nitrogens is 2. The van der Waals surface area contributed by atoms with E-state index in [1.54, 1.807) is 13.2 Å². The molecule has 2 aromatic carbocycles. The van der Waals surface area contributed by atoms with Crippen molar-refractivity contribution in [2.75, 3.05) is 19.0 Å². The Morgan fingerprint density at radius 1 is 1.09 bits per heavy atom. The zero-order chi connectivity index (χ0) is 23.6. The van der Waals surface area contributed by atoms with Gasteiger partial charge in [0.2, 0.25) is 0 Å². The fourth-order valence-corrected chi connectivity index (χ4v) is 5.20. The van der Waals surface area contributed by atoms with Gasteiger partial charge in [0.05, 0.1) is 30.0 Å². The summed E-state index contributed by atoms with van der Waals surface area (Å²) in [6.45, 7) is 2.17. The van der Waals surface area contributed by atoms with Gasteiger partial charge in [-0.25, -0.2) is 13.1 Å². The number of nitrogens with one attached hydrogen (secondary N) is 2. The first-order chi connectivity index (χ1) is 15.8. The average Bonchev–Trinajstić information content (AvgIpc) is 3.26. The lowest BCUT2D eigenvalue weighted by Crippen LogP contribution is -2.37. The molecule has 2 heterocycles. The van der Waals surface area contributed by atoms with Gasteiger partial charge in [-0.05, 0) is 48.7 Å². The van der Waals surface area contributed by atoms with Crippen LogP contribution in [0.1, 0.15) is 22.4 Å². The molecular formula is C23H24N4O5S. The third-order valence-electron chi connectivity index (χ3n) is 5.31. The van der Waals surface area contributed by atoms with Crippen molar-refractivity contribution < 1.29 is 22.7 Å². The van der Waals surface area contributed by atoms with Crippen molar-refractivity contribution in [2.45, 2.75) is 24.9 Å². The molecule has 0 atom stereocenters. The molecular weight excluding hydrogens is 444 g/mol. The second-order valence-electron chi connectivity index (χ2n) is 7.87. The number of methoxy groups -OCH3 is 1. The number of ether oxygens (including phenoxy) is 1. The zero-order valence-corrected chi connectivity index (χ0v) is 19.1. The van der Waals surface area contributed by atoms with Crippen LogP contribution in [0.2, 0.25) is 0 Å². The third-order valence-corrected chi connectivity index (χ3v) is 6.75. The van der Waals surface area contributed by atoms with Gasteiger partial charge in [-0.3, -0.25) is 9.59 Å². The van der Waals surface area contributed by atoms with Crippen LogP contribution in [0.5, 0.6) is 5.75 Å². The predicted molar refractivity (Wildman–Crippen MR) is 123 cm³/mol. The number of carbonyl (C=O) groups excluding carboxylic acids is 2. The molecule has 1 aromatic heterocycles. The number of benzene rings is 2. The Morgan fingerprint density at radius 2 is 1.88 bits per heavy atom. The van der Waals surface area contributed by atoms with E-state index in [0.29, 0.717) is 29.1 Å². The molecule has 4 rings (SSSR count). The van der Waals surface area contributed by atoms with Gasteiger partial charge in [-0.2, -0.15) is 5.10 Å². The van der Waals surface area contributed by atoms with Crippen LogP contribution < -0.4 is 15.4 Å². The molecule has 0 spiro atoms. The van der Waals surface area contributed by atoms with Gasteiger partial charge in [-0.15, -0.1) is 0 Å². The van der Waals surface area contributed by atoms with Crippen molar-refractivity contribution in [2.24, 2.45) is 0 Å². The lowest BCUT2D eigenvalue weighted by atomic mass is 10.1. The summed E-state index contributed by atoms with van der Waals surface area (Å²) < 4.78 is 30.9. The van der Waals surface area contributed by atoms with E-state index in [1.807, 2.05) is 49.4 Å². The Balaban J connectivity index is 1.49. The quantitative estimate of drug-likeness (QED) is 0.534. The summed E-state index contributed by atoms with van der Waals surface area (Å²) in [6, 6.07) is 14.9. The van der Waals surface area contributed by atoms with Gasteiger partial charge in [0, 0.05) is 12.1 Å². The average molecular weight is 469 g/mol. The van der Waals surface area contributed by atoms with Crippen LogP contribution in [-0.4, -0.2) is 43.7 Å². The fraction of sp³-hybridized carbons (Fsp3) is 0.261. The van der Waals surface area contributed by atoms with Gasteiger partial charge in [0.25, 0.3) is 0 Å². The molecule has 0 saturated heterocycles. The molecule has 0 bridgehead atoms. The van der Waals surface area contributed by atoms with Crippen LogP contribution in [0.25, 0.3) is 5.69 Å². The van der Waals surface area contributed by atoms with Crippen molar-refractivity contribution in [3.8, 4) is 11.4 Å². The molecule has 3 aromatic rings. The second-order valence-corrected chi connectivity index (χ2v) is 9.93. The van der Waals surface area contributed by atoms with E-state index < -0.39 is 21.7 Å². The molecule has 2 N–H and O–H groups in total. The lowest BCUT2D eigenvalue weighted by molar-refractivity contribution is -0.136. The number of sulfone groups is 1. The van der Waals surface area contributed by atoms with Crippen molar-refractivity contribution in [1.82, 2.24) is 15.1 Å². The van der Waals surface area contributed by atoms with E-state index in [-0.39, 0.29) is 23.9 Å². The van der Waals surface area contributed by atoms with Crippen LogP contribution in [0, 0.1) is 6.92 Å². The van der Waals surface area contributed by atoms with Crippen molar-refractivity contribution >= 4 is 27.5 Å². The minimum absolute atomic E-state index is 0.198. The van der Waals surface area contributed by atoms with E-state index in [4.69, 9.17) is 4.74 Å². The van der Waals surface area contributed by atoms with E-state index in [2.05, 4.69) is 15.7 Å². The highest BCUT2D eigenvalue weighted by atomic mass is 32.2. The topological polar surface area (TPSA) is 119 Å². The van der Waals surface area contributed by atoms with Crippen molar-refractivity contribution in [3.05, 3.63) is 70.9 Å². The number of nitrogens with zero attached hydrogens (tertiary/aromatic N) is 2. The Bertz CT molecular complexity index is 1330. The molecule has 172 valence electrons. The third kappa shape index (κ3) is 5.06. The highest BCUT2D eigenvalue weighted by Crippen LogP contribution is 2.33. The SMILES string of the molecule is COc1cccc(CCNC(=O)C(=O)Nc2c3c(nn2-c2cccc(C)c2)CS(=O)(=O)C3)c1. The summed E-state index contributed by atoms with van der Waals surface area (Å²) in [5.74, 6) is -1.22. The maximum atomic E-state index is 12.6. The molecule has 1 aliphatic rings. The summed E-state index contributed by atoms with van der Waals surface area (Å²) in [6.07, 6.45) is 0.519. The van der Waals surface area contributed by atoms with Crippen LogP contribution in [-0.2, 0) is 37.4 Å². The minimum Gasteiger partial charge on any atom is -0.497 e. The van der Waals surface area contributed by atoms with Crippen molar-refractivity contribution in [1.29, 1.82) is 0 Å². The van der Waals surface area contributed by atoms with Crippen LogP contribution in [0.15, 0.2) is 48.5 Å². The lowest BCUT2D eigenvalue weighted by Gasteiger charge is -2.12. The molecule has 0 saturated carbocycles. The van der Waals surface area contributed by atoms with E-state index in [9.17, 15) is 18.0 Å². The molecule has 9 nitrogen and oxygen atoms in total. The maximum absolute atomic E-state index is 12.6. The summed E-state index contributed by atoms with van der Waals surface area (Å²) in [4.78, 5) is 25.0. The Morgan fingerprint density at radius 3 is 2.64 bits per heavy atom. The zero-order valence-electron chi connectivity index (χ0n) is 18.3. The second kappa shape index (κ2) is 9.07. The van der Waals surface area contributed by atoms with Gasteiger partial charge >= 0.3 is 11.8 Å². The van der Waals surface area contributed by atoms with Crippen LogP contribution in [0.4, 0.5) is 5.82 Å². The molecule has 33 heavy (non-hydrogen) atoms. The standard InChI is InChI=1S/C23H24N4O5S/c1-15-5-3-7-17(11-15)27-21(19-13-33(30,31)14-20(19)26-27)25-23(29)22(28)24-10-9-16-6-4-8-18(12-16)32-2/h3-8,11-12H,9-10,13-14H2,1-2H3,(H,24,28)(H,25,29). The molecule has 0 unspecified atom stereocenters. The molecule has 10 heteroatoms. The summed E-state index contributed by atoms with van der Waals surface area (Å²) in [5, 5.41) is 9.58. The minimum atomic E-state index is -3.34. The number of carbonyl (C=O) groups is 2. The number of aryl methyl sites for hydroxylation is 1. The van der Waals surface area contributed by atoms with Crippen LogP contribution in [0.3, 0.4) is 0 Å². The van der Waals surface area contributed by atoms with Crippen LogP contribution >= 0.6 is 0 Å². The number of rotatable bonds is 6. The largest absolute Gasteiger partial charge is 0.497 e. The molecule has 0 aliphatic carbocycles. The molecule has 2 amide bonds. The summed E-state index contributed by atoms with van der Waals surface area (Å²) >= 11 is 0. The number of fused-ring (bicyclic) bond motifs is 1. The predicted octanol–water partition coefficient (Wildman–Crippen LogP) is 1.92. The number of hydrogen-bond donors (Lipinski definition) is 2.